The number of pyridine rings is 1. The maximum Gasteiger partial charge on any atom is 0.244 e. The van der Waals surface area contributed by atoms with Crippen molar-refractivity contribution in [1.82, 2.24) is 9.29 Å². The SMILES string of the molecule is CCN(CC)S(=O)(=O)c1ccc(SCC(=O)Nc2cc(C)ccc2C)nc1. The molecule has 0 spiro atoms. The number of hydrogen-bond acceptors (Lipinski definition) is 5. The lowest BCUT2D eigenvalue weighted by Gasteiger charge is -2.18. The Labute approximate surface area is 165 Å². The van der Waals surface area contributed by atoms with Gasteiger partial charge in [0.25, 0.3) is 0 Å². The summed E-state index contributed by atoms with van der Waals surface area (Å²) in [7, 11) is -3.52. The molecule has 1 heterocycles. The van der Waals surface area contributed by atoms with Crippen LogP contribution in [0.15, 0.2) is 46.5 Å². The molecule has 0 aliphatic rings. The van der Waals surface area contributed by atoms with Gasteiger partial charge < -0.3 is 5.32 Å². The zero-order valence-electron chi connectivity index (χ0n) is 16.0. The van der Waals surface area contributed by atoms with E-state index in [9.17, 15) is 13.2 Å². The fourth-order valence-electron chi connectivity index (χ4n) is 2.51. The number of carbonyl (C=O) groups excluding carboxylic acids is 1. The average Bonchev–Trinajstić information content (AvgIpc) is 2.64. The van der Waals surface area contributed by atoms with Gasteiger partial charge in [0.05, 0.1) is 10.8 Å². The lowest BCUT2D eigenvalue weighted by atomic mass is 10.1. The molecule has 0 fully saturated rings. The molecule has 0 saturated carbocycles. The van der Waals surface area contributed by atoms with Crippen molar-refractivity contribution in [2.75, 3.05) is 24.2 Å². The molecule has 1 N–H and O–H groups in total. The van der Waals surface area contributed by atoms with Gasteiger partial charge in [0.15, 0.2) is 0 Å². The highest BCUT2D eigenvalue weighted by Crippen LogP contribution is 2.21. The average molecular weight is 408 g/mol. The van der Waals surface area contributed by atoms with Gasteiger partial charge in [-0.25, -0.2) is 13.4 Å². The van der Waals surface area contributed by atoms with Gasteiger partial charge in [-0.2, -0.15) is 4.31 Å². The van der Waals surface area contributed by atoms with Crippen molar-refractivity contribution in [2.45, 2.75) is 37.6 Å². The van der Waals surface area contributed by atoms with E-state index in [2.05, 4.69) is 10.3 Å². The molecule has 6 nitrogen and oxygen atoms in total. The summed E-state index contributed by atoms with van der Waals surface area (Å²) in [5, 5.41) is 3.50. The van der Waals surface area contributed by atoms with E-state index >= 15 is 0 Å². The molecule has 0 aliphatic carbocycles. The molecule has 1 amide bonds. The van der Waals surface area contributed by atoms with E-state index in [0.29, 0.717) is 18.1 Å². The smallest absolute Gasteiger partial charge is 0.244 e. The lowest BCUT2D eigenvalue weighted by Crippen LogP contribution is -2.30. The standard InChI is InChI=1S/C19H25N3O3S2/c1-5-22(6-2)27(24,25)16-9-10-19(20-12-16)26-13-18(23)21-17-11-14(3)7-8-15(17)4/h7-12H,5-6,13H2,1-4H3,(H,21,23). The van der Waals surface area contributed by atoms with E-state index in [-0.39, 0.29) is 16.6 Å². The molecule has 27 heavy (non-hydrogen) atoms. The summed E-state index contributed by atoms with van der Waals surface area (Å²) in [6, 6.07) is 9.06. The molecule has 1 aromatic carbocycles. The third-order valence-corrected chi connectivity index (χ3v) is 7.05. The molecule has 0 unspecified atom stereocenters. The van der Waals surface area contributed by atoms with E-state index in [1.54, 1.807) is 19.9 Å². The van der Waals surface area contributed by atoms with E-state index < -0.39 is 10.0 Å². The quantitative estimate of drug-likeness (QED) is 0.678. The minimum Gasteiger partial charge on any atom is -0.325 e. The van der Waals surface area contributed by atoms with Crippen molar-refractivity contribution < 1.29 is 13.2 Å². The van der Waals surface area contributed by atoms with Crippen molar-refractivity contribution in [1.29, 1.82) is 0 Å². The number of sulfonamides is 1. The topological polar surface area (TPSA) is 79.4 Å². The number of carbonyl (C=O) groups is 1. The summed E-state index contributed by atoms with van der Waals surface area (Å²) in [5.74, 6) is 0.0676. The largest absolute Gasteiger partial charge is 0.325 e. The highest BCUT2D eigenvalue weighted by molar-refractivity contribution is 7.99. The van der Waals surface area contributed by atoms with Gasteiger partial charge in [-0.1, -0.05) is 37.7 Å². The number of aryl methyl sites for hydroxylation is 2. The number of rotatable bonds is 8. The maximum atomic E-state index is 12.4. The van der Waals surface area contributed by atoms with Gasteiger partial charge in [-0.05, 0) is 43.2 Å². The summed E-state index contributed by atoms with van der Waals surface area (Å²) < 4.78 is 26.3. The number of aromatic nitrogens is 1. The minimum absolute atomic E-state index is 0.129. The Morgan fingerprint density at radius 2 is 1.85 bits per heavy atom. The first kappa shape index (κ1) is 21.4. The third-order valence-electron chi connectivity index (χ3n) is 4.07. The summed E-state index contributed by atoms with van der Waals surface area (Å²) in [6.07, 6.45) is 1.35. The molecule has 8 heteroatoms. The molecule has 0 bridgehead atoms. The molecule has 146 valence electrons. The Balaban J connectivity index is 1.99. The van der Waals surface area contributed by atoms with Crippen LogP contribution in [0.25, 0.3) is 0 Å². The number of anilines is 1. The normalized spacial score (nSPS) is 11.6. The van der Waals surface area contributed by atoms with Crippen molar-refractivity contribution >= 4 is 33.4 Å². The number of thioether (sulfide) groups is 1. The predicted molar refractivity (Wildman–Crippen MR) is 110 cm³/mol. The monoisotopic (exact) mass is 407 g/mol. The zero-order chi connectivity index (χ0) is 20.0. The Kier molecular flexibility index (Phi) is 7.41. The van der Waals surface area contributed by atoms with Gasteiger partial charge in [-0.15, -0.1) is 0 Å². The third kappa shape index (κ3) is 5.54. The van der Waals surface area contributed by atoms with E-state index in [1.165, 1.54) is 28.3 Å². The van der Waals surface area contributed by atoms with Gasteiger partial charge in [0.1, 0.15) is 4.90 Å². The summed E-state index contributed by atoms with van der Waals surface area (Å²) >= 11 is 1.27. The van der Waals surface area contributed by atoms with Crippen LogP contribution in [-0.4, -0.2) is 42.5 Å². The van der Waals surface area contributed by atoms with Crippen LogP contribution in [0.3, 0.4) is 0 Å². The van der Waals surface area contributed by atoms with E-state index in [4.69, 9.17) is 0 Å². The van der Waals surface area contributed by atoms with Crippen LogP contribution in [0.1, 0.15) is 25.0 Å². The van der Waals surface area contributed by atoms with Gasteiger partial charge in [0.2, 0.25) is 15.9 Å². The number of benzene rings is 1. The molecular formula is C19H25N3O3S2. The number of amides is 1. The Morgan fingerprint density at radius 1 is 1.15 bits per heavy atom. The van der Waals surface area contributed by atoms with Crippen molar-refractivity contribution in [3.05, 3.63) is 47.7 Å². The van der Waals surface area contributed by atoms with Crippen molar-refractivity contribution in [3.8, 4) is 0 Å². The molecule has 2 aromatic rings. The number of nitrogens with zero attached hydrogens (tertiary/aromatic N) is 2. The number of hydrogen-bond donors (Lipinski definition) is 1. The van der Waals surface area contributed by atoms with Gasteiger partial charge in [-0.3, -0.25) is 4.79 Å². The van der Waals surface area contributed by atoms with Crippen LogP contribution in [0.2, 0.25) is 0 Å². The predicted octanol–water partition coefficient (Wildman–Crippen LogP) is 3.46. The van der Waals surface area contributed by atoms with Crippen molar-refractivity contribution in [2.24, 2.45) is 0 Å². The van der Waals surface area contributed by atoms with E-state index in [1.807, 2.05) is 32.0 Å². The molecule has 0 atom stereocenters. The second kappa shape index (κ2) is 9.34. The fourth-order valence-corrected chi connectivity index (χ4v) is 4.56. The first-order valence-corrected chi connectivity index (χ1v) is 11.2. The van der Waals surface area contributed by atoms with Crippen molar-refractivity contribution in [3.63, 3.8) is 0 Å². The highest BCUT2D eigenvalue weighted by Gasteiger charge is 2.21. The number of nitrogens with one attached hydrogen (secondary N) is 1. The fraction of sp³-hybridized carbons (Fsp3) is 0.368. The zero-order valence-corrected chi connectivity index (χ0v) is 17.7. The van der Waals surface area contributed by atoms with Gasteiger partial charge >= 0.3 is 0 Å². The van der Waals surface area contributed by atoms with E-state index in [0.717, 1.165) is 16.8 Å². The van der Waals surface area contributed by atoms with Crippen LogP contribution in [0.4, 0.5) is 5.69 Å². The Morgan fingerprint density at radius 3 is 2.44 bits per heavy atom. The van der Waals surface area contributed by atoms with Crippen LogP contribution >= 0.6 is 11.8 Å². The second-order valence-electron chi connectivity index (χ2n) is 6.08. The summed E-state index contributed by atoms with van der Waals surface area (Å²) in [6.45, 7) is 8.34. The van der Waals surface area contributed by atoms with Crippen LogP contribution in [0.5, 0.6) is 0 Å². The first-order valence-electron chi connectivity index (χ1n) is 8.74. The summed E-state index contributed by atoms with van der Waals surface area (Å²) in [4.78, 5) is 16.5. The highest BCUT2D eigenvalue weighted by atomic mass is 32.2. The summed E-state index contributed by atoms with van der Waals surface area (Å²) in [5.41, 5.74) is 2.88. The maximum absolute atomic E-state index is 12.4. The van der Waals surface area contributed by atoms with Crippen LogP contribution in [0, 0.1) is 13.8 Å². The Hall–Kier alpha value is -1.90. The molecule has 1 aromatic heterocycles. The molecule has 0 saturated heterocycles. The first-order chi connectivity index (χ1) is 12.8. The molecule has 0 aliphatic heterocycles. The second-order valence-corrected chi connectivity index (χ2v) is 9.01. The minimum atomic E-state index is -3.52. The lowest BCUT2D eigenvalue weighted by molar-refractivity contribution is -0.113. The molecule has 2 rings (SSSR count). The van der Waals surface area contributed by atoms with Crippen LogP contribution in [-0.2, 0) is 14.8 Å². The molecular weight excluding hydrogens is 382 g/mol. The Bertz CT molecular complexity index is 893. The van der Waals surface area contributed by atoms with Crippen LogP contribution < -0.4 is 5.32 Å². The van der Waals surface area contributed by atoms with Gasteiger partial charge in [0, 0.05) is 25.0 Å². The molecule has 0 radical (unpaired) electrons.